The molecule has 0 saturated carbocycles. The molecule has 1 saturated heterocycles. The Morgan fingerprint density at radius 1 is 1.10 bits per heavy atom. The van der Waals surface area contributed by atoms with E-state index in [1.165, 1.54) is 6.08 Å². The minimum atomic E-state index is -0.543. The Hall–Kier alpha value is -3.03. The monoisotopic (exact) mass is 442 g/mol. The van der Waals surface area contributed by atoms with E-state index in [1.54, 1.807) is 30.3 Å². The largest absolute Gasteiger partial charge is 0.508 e. The standard InChI is InChI=1S/C22H19ClN2O4S/c23-17(12-16-4-2-1-3-5-16)13-19-21(28)25(22(29)30-19)14-20(27)24-11-10-15-6-8-18(26)9-7-15/h1-9,12-13,26H,10-11,14H2,(H,24,27)/b17-12-,19-13-. The second kappa shape index (κ2) is 10.1. The van der Waals surface area contributed by atoms with E-state index in [1.807, 2.05) is 30.3 Å². The summed E-state index contributed by atoms with van der Waals surface area (Å²) in [6.45, 7) is -0.00108. The zero-order chi connectivity index (χ0) is 21.5. The Morgan fingerprint density at radius 2 is 1.80 bits per heavy atom. The van der Waals surface area contributed by atoms with E-state index in [4.69, 9.17) is 11.6 Å². The van der Waals surface area contributed by atoms with Gasteiger partial charge < -0.3 is 10.4 Å². The smallest absolute Gasteiger partial charge is 0.294 e. The van der Waals surface area contributed by atoms with Gasteiger partial charge >= 0.3 is 0 Å². The summed E-state index contributed by atoms with van der Waals surface area (Å²) in [6.07, 6.45) is 3.68. The molecule has 0 bridgehead atoms. The third-order valence-electron chi connectivity index (χ3n) is 4.22. The Morgan fingerprint density at radius 3 is 2.50 bits per heavy atom. The Bertz CT molecular complexity index is 1000. The molecule has 0 aliphatic carbocycles. The van der Waals surface area contributed by atoms with Gasteiger partial charge in [0.1, 0.15) is 12.3 Å². The highest BCUT2D eigenvalue weighted by molar-refractivity contribution is 8.18. The molecule has 154 valence electrons. The van der Waals surface area contributed by atoms with Gasteiger partial charge in [-0.1, -0.05) is 54.1 Å². The second-order valence-corrected chi connectivity index (χ2v) is 7.90. The van der Waals surface area contributed by atoms with Crippen molar-refractivity contribution in [2.45, 2.75) is 6.42 Å². The van der Waals surface area contributed by atoms with Crippen molar-refractivity contribution in [1.82, 2.24) is 10.2 Å². The summed E-state index contributed by atoms with van der Waals surface area (Å²) >= 11 is 6.95. The number of imide groups is 1. The third-order valence-corrected chi connectivity index (χ3v) is 5.35. The molecule has 3 rings (SSSR count). The first-order valence-electron chi connectivity index (χ1n) is 9.14. The summed E-state index contributed by atoms with van der Waals surface area (Å²) in [6, 6.07) is 16.0. The number of phenols is 1. The lowest BCUT2D eigenvalue weighted by molar-refractivity contribution is -0.129. The van der Waals surface area contributed by atoms with Crippen LogP contribution in [-0.2, 0) is 16.0 Å². The molecule has 0 atom stereocenters. The van der Waals surface area contributed by atoms with Gasteiger partial charge in [-0.3, -0.25) is 19.3 Å². The Labute approximate surface area is 183 Å². The lowest BCUT2D eigenvalue weighted by Crippen LogP contribution is -2.40. The predicted molar refractivity (Wildman–Crippen MR) is 118 cm³/mol. The first-order valence-corrected chi connectivity index (χ1v) is 10.3. The minimum Gasteiger partial charge on any atom is -0.508 e. The van der Waals surface area contributed by atoms with E-state index in [0.717, 1.165) is 27.8 Å². The third kappa shape index (κ3) is 5.98. The number of halogens is 1. The Balaban J connectivity index is 1.54. The van der Waals surface area contributed by atoms with Crippen LogP contribution in [0.5, 0.6) is 5.75 Å². The number of rotatable bonds is 7. The van der Waals surface area contributed by atoms with E-state index >= 15 is 0 Å². The molecular formula is C22H19ClN2O4S. The van der Waals surface area contributed by atoms with Gasteiger partial charge in [0.15, 0.2) is 0 Å². The highest BCUT2D eigenvalue weighted by Gasteiger charge is 2.36. The molecule has 1 fully saturated rings. The van der Waals surface area contributed by atoms with Gasteiger partial charge in [-0.15, -0.1) is 0 Å². The predicted octanol–water partition coefficient (Wildman–Crippen LogP) is 3.91. The van der Waals surface area contributed by atoms with Crippen LogP contribution in [0.4, 0.5) is 4.79 Å². The summed E-state index contributed by atoms with van der Waals surface area (Å²) in [7, 11) is 0. The van der Waals surface area contributed by atoms with Gasteiger partial charge in [0.05, 0.1) is 4.91 Å². The molecule has 2 aromatic carbocycles. The van der Waals surface area contributed by atoms with Crippen molar-refractivity contribution in [3.8, 4) is 5.75 Å². The normalized spacial score (nSPS) is 15.7. The van der Waals surface area contributed by atoms with Gasteiger partial charge in [0, 0.05) is 11.6 Å². The molecule has 0 aromatic heterocycles. The van der Waals surface area contributed by atoms with Crippen molar-refractivity contribution in [3.63, 3.8) is 0 Å². The fourth-order valence-electron chi connectivity index (χ4n) is 2.72. The zero-order valence-electron chi connectivity index (χ0n) is 15.9. The average Bonchev–Trinajstić information content (AvgIpc) is 2.97. The molecule has 1 heterocycles. The SMILES string of the molecule is O=C(CN1C(=O)S/C(=C\C(Cl)=C\c2ccccc2)C1=O)NCCc1ccc(O)cc1. The first kappa shape index (κ1) is 21.7. The maximum Gasteiger partial charge on any atom is 0.294 e. The van der Waals surface area contributed by atoms with Gasteiger partial charge in [-0.05, 0) is 53.6 Å². The van der Waals surface area contributed by atoms with Crippen molar-refractivity contribution >= 4 is 46.5 Å². The molecule has 2 aromatic rings. The van der Waals surface area contributed by atoms with Crippen LogP contribution in [0.3, 0.4) is 0 Å². The van der Waals surface area contributed by atoms with Crippen molar-refractivity contribution in [3.05, 3.63) is 81.7 Å². The van der Waals surface area contributed by atoms with Crippen LogP contribution in [0.15, 0.2) is 70.6 Å². The van der Waals surface area contributed by atoms with Gasteiger partial charge in [-0.2, -0.15) is 0 Å². The summed E-state index contributed by atoms with van der Waals surface area (Å²) in [5, 5.41) is 11.8. The molecule has 0 unspecified atom stereocenters. The summed E-state index contributed by atoms with van der Waals surface area (Å²) in [5.74, 6) is -0.796. The van der Waals surface area contributed by atoms with Gasteiger partial charge in [-0.25, -0.2) is 0 Å². The van der Waals surface area contributed by atoms with Crippen LogP contribution < -0.4 is 5.32 Å². The van der Waals surface area contributed by atoms with Crippen LogP contribution in [0.25, 0.3) is 6.08 Å². The fraction of sp³-hybridized carbons (Fsp3) is 0.136. The lowest BCUT2D eigenvalue weighted by Gasteiger charge is -2.12. The topological polar surface area (TPSA) is 86.7 Å². The number of hydrogen-bond acceptors (Lipinski definition) is 5. The van der Waals surface area contributed by atoms with Crippen molar-refractivity contribution in [1.29, 1.82) is 0 Å². The average molecular weight is 443 g/mol. The molecule has 0 radical (unpaired) electrons. The number of nitrogens with zero attached hydrogens (tertiary/aromatic N) is 1. The minimum absolute atomic E-state index is 0.175. The number of aromatic hydroxyl groups is 1. The fourth-order valence-corrected chi connectivity index (χ4v) is 3.85. The van der Waals surface area contributed by atoms with Crippen LogP contribution in [-0.4, -0.2) is 40.1 Å². The van der Waals surface area contributed by atoms with E-state index in [0.29, 0.717) is 18.0 Å². The maximum absolute atomic E-state index is 12.5. The number of phenolic OH excluding ortho intramolecular Hbond substituents is 1. The molecule has 30 heavy (non-hydrogen) atoms. The molecule has 2 N–H and O–H groups in total. The summed E-state index contributed by atoms with van der Waals surface area (Å²) in [4.78, 5) is 37.9. The summed E-state index contributed by atoms with van der Waals surface area (Å²) < 4.78 is 0. The highest BCUT2D eigenvalue weighted by Crippen LogP contribution is 2.32. The van der Waals surface area contributed by atoms with Gasteiger partial charge in [0.2, 0.25) is 5.91 Å². The molecular weight excluding hydrogens is 424 g/mol. The molecule has 3 amide bonds. The van der Waals surface area contributed by atoms with Crippen LogP contribution in [0, 0.1) is 0 Å². The molecule has 8 heteroatoms. The van der Waals surface area contributed by atoms with E-state index in [-0.39, 0.29) is 17.2 Å². The Kier molecular flexibility index (Phi) is 7.32. The number of allylic oxidation sites excluding steroid dienone is 2. The van der Waals surface area contributed by atoms with Crippen molar-refractivity contribution in [2.24, 2.45) is 0 Å². The zero-order valence-corrected chi connectivity index (χ0v) is 17.4. The maximum atomic E-state index is 12.5. The van der Waals surface area contributed by atoms with Crippen LogP contribution in [0.1, 0.15) is 11.1 Å². The number of nitrogens with one attached hydrogen (secondary N) is 1. The number of amides is 3. The molecule has 1 aliphatic rings. The number of carbonyl (C=O) groups is 3. The van der Waals surface area contributed by atoms with Crippen LogP contribution >= 0.6 is 23.4 Å². The van der Waals surface area contributed by atoms with E-state index in [2.05, 4.69) is 5.32 Å². The van der Waals surface area contributed by atoms with Crippen molar-refractivity contribution in [2.75, 3.05) is 13.1 Å². The number of hydrogen-bond donors (Lipinski definition) is 2. The van der Waals surface area contributed by atoms with Crippen molar-refractivity contribution < 1.29 is 19.5 Å². The van der Waals surface area contributed by atoms with E-state index in [9.17, 15) is 19.5 Å². The summed E-state index contributed by atoms with van der Waals surface area (Å²) in [5.41, 5.74) is 1.81. The van der Waals surface area contributed by atoms with E-state index < -0.39 is 17.1 Å². The lowest BCUT2D eigenvalue weighted by atomic mass is 10.1. The number of thioether (sulfide) groups is 1. The van der Waals surface area contributed by atoms with Crippen LogP contribution in [0.2, 0.25) is 0 Å². The first-order chi connectivity index (χ1) is 14.4. The highest BCUT2D eigenvalue weighted by atomic mass is 35.5. The quantitative estimate of drug-likeness (QED) is 0.635. The number of benzene rings is 2. The second-order valence-electron chi connectivity index (χ2n) is 6.47. The molecule has 0 spiro atoms. The number of carbonyl (C=O) groups excluding carboxylic acids is 3. The van der Waals surface area contributed by atoms with Gasteiger partial charge in [0.25, 0.3) is 11.1 Å². The molecule has 1 aliphatic heterocycles. The molecule has 6 nitrogen and oxygen atoms in total.